The van der Waals surface area contributed by atoms with Gasteiger partial charge >= 0.3 is 0 Å². The molecule has 0 unspecified atom stereocenters. The molecule has 2 aliphatic rings. The molecule has 1 aromatic carbocycles. The van der Waals surface area contributed by atoms with E-state index in [9.17, 15) is 4.79 Å². The summed E-state index contributed by atoms with van der Waals surface area (Å²) in [6, 6.07) is 7.49. The van der Waals surface area contributed by atoms with Crippen molar-refractivity contribution in [1.29, 1.82) is 5.26 Å². The molecule has 1 aromatic rings. The lowest BCUT2D eigenvalue weighted by Crippen LogP contribution is -2.54. The quantitative estimate of drug-likeness (QED) is 0.822. The van der Waals surface area contributed by atoms with Gasteiger partial charge in [0.25, 0.3) is 0 Å². The maximum absolute atomic E-state index is 12.4. The SMILES string of the molecule is CCC1CCC2(CC1)Nc1cc(C#N)ccc1NC2=O. The number of rotatable bonds is 1. The van der Waals surface area contributed by atoms with Crippen LogP contribution in [0.1, 0.15) is 44.6 Å². The summed E-state index contributed by atoms with van der Waals surface area (Å²) in [5.74, 6) is 0.811. The first-order valence-corrected chi connectivity index (χ1v) is 7.30. The Morgan fingerprint density at radius 2 is 2.10 bits per heavy atom. The minimum Gasteiger partial charge on any atom is -0.369 e. The zero-order valence-electron chi connectivity index (χ0n) is 11.7. The Bertz CT molecular complexity index is 580. The lowest BCUT2D eigenvalue weighted by atomic mass is 9.74. The van der Waals surface area contributed by atoms with Crippen LogP contribution in [0, 0.1) is 17.2 Å². The number of anilines is 2. The van der Waals surface area contributed by atoms with E-state index in [1.165, 1.54) is 6.42 Å². The molecule has 0 aromatic heterocycles. The van der Waals surface area contributed by atoms with Crippen LogP contribution in [0.3, 0.4) is 0 Å². The van der Waals surface area contributed by atoms with Gasteiger partial charge in [-0.15, -0.1) is 0 Å². The monoisotopic (exact) mass is 269 g/mol. The first-order valence-electron chi connectivity index (χ1n) is 7.30. The van der Waals surface area contributed by atoms with Gasteiger partial charge in [0.05, 0.1) is 23.0 Å². The first-order chi connectivity index (χ1) is 9.66. The molecule has 0 radical (unpaired) electrons. The summed E-state index contributed by atoms with van der Waals surface area (Å²) in [6.45, 7) is 2.21. The number of carbonyl (C=O) groups excluding carboxylic acids is 1. The van der Waals surface area contributed by atoms with Crippen molar-refractivity contribution in [3.8, 4) is 6.07 Å². The van der Waals surface area contributed by atoms with Gasteiger partial charge in [0, 0.05) is 0 Å². The van der Waals surface area contributed by atoms with E-state index in [0.29, 0.717) is 5.56 Å². The van der Waals surface area contributed by atoms with Crippen molar-refractivity contribution in [2.24, 2.45) is 5.92 Å². The van der Waals surface area contributed by atoms with Crippen molar-refractivity contribution >= 4 is 17.3 Å². The maximum atomic E-state index is 12.4. The second-order valence-corrected chi connectivity index (χ2v) is 5.89. The molecule has 4 nitrogen and oxygen atoms in total. The number of nitrogens with one attached hydrogen (secondary N) is 2. The van der Waals surface area contributed by atoms with E-state index in [4.69, 9.17) is 5.26 Å². The van der Waals surface area contributed by atoms with E-state index in [1.807, 2.05) is 6.07 Å². The van der Waals surface area contributed by atoms with Crippen molar-refractivity contribution in [1.82, 2.24) is 0 Å². The predicted molar refractivity (Wildman–Crippen MR) is 78.4 cm³/mol. The highest BCUT2D eigenvalue weighted by molar-refractivity contribution is 6.06. The molecule has 1 spiro atoms. The Morgan fingerprint density at radius 1 is 1.35 bits per heavy atom. The molecule has 1 aliphatic carbocycles. The number of nitriles is 1. The average Bonchev–Trinajstić information content (AvgIpc) is 2.49. The second kappa shape index (κ2) is 4.82. The number of carbonyl (C=O) groups is 1. The van der Waals surface area contributed by atoms with Gasteiger partial charge in [-0.1, -0.05) is 13.3 Å². The highest BCUT2D eigenvalue weighted by Crippen LogP contribution is 2.41. The van der Waals surface area contributed by atoms with Crippen LogP contribution >= 0.6 is 0 Å². The number of amides is 1. The lowest BCUT2D eigenvalue weighted by Gasteiger charge is -2.43. The fourth-order valence-corrected chi connectivity index (χ4v) is 3.31. The molecule has 1 fully saturated rings. The van der Waals surface area contributed by atoms with Gasteiger partial charge in [-0.25, -0.2) is 0 Å². The van der Waals surface area contributed by atoms with Crippen LogP contribution in [0.15, 0.2) is 18.2 Å². The van der Waals surface area contributed by atoms with E-state index in [0.717, 1.165) is 43.0 Å². The van der Waals surface area contributed by atoms with E-state index < -0.39 is 5.54 Å². The fourth-order valence-electron chi connectivity index (χ4n) is 3.31. The summed E-state index contributed by atoms with van der Waals surface area (Å²) < 4.78 is 0. The number of benzene rings is 1. The van der Waals surface area contributed by atoms with Crippen LogP contribution in [0.5, 0.6) is 0 Å². The normalized spacial score (nSPS) is 28.2. The van der Waals surface area contributed by atoms with Gasteiger partial charge in [0.2, 0.25) is 5.91 Å². The molecular weight excluding hydrogens is 250 g/mol. The summed E-state index contributed by atoms with van der Waals surface area (Å²) in [5, 5.41) is 15.4. The van der Waals surface area contributed by atoms with Gasteiger partial charge in [0.15, 0.2) is 0 Å². The van der Waals surface area contributed by atoms with Gasteiger partial charge in [-0.05, 0) is 49.8 Å². The topological polar surface area (TPSA) is 64.9 Å². The molecule has 1 heterocycles. The van der Waals surface area contributed by atoms with Crippen LogP contribution in [0.4, 0.5) is 11.4 Å². The molecule has 0 bridgehead atoms. The third-order valence-corrected chi connectivity index (χ3v) is 4.74. The lowest BCUT2D eigenvalue weighted by molar-refractivity contribution is -0.121. The highest BCUT2D eigenvalue weighted by Gasteiger charge is 2.44. The summed E-state index contributed by atoms with van der Waals surface area (Å²) in [4.78, 5) is 12.4. The maximum Gasteiger partial charge on any atom is 0.250 e. The largest absolute Gasteiger partial charge is 0.369 e. The zero-order valence-corrected chi connectivity index (χ0v) is 11.7. The van der Waals surface area contributed by atoms with Crippen molar-refractivity contribution in [3.63, 3.8) is 0 Å². The van der Waals surface area contributed by atoms with Gasteiger partial charge in [-0.3, -0.25) is 4.79 Å². The van der Waals surface area contributed by atoms with Gasteiger partial charge in [0.1, 0.15) is 5.54 Å². The summed E-state index contributed by atoms with van der Waals surface area (Å²) in [5.41, 5.74) is 1.79. The Labute approximate surface area is 119 Å². The van der Waals surface area contributed by atoms with Crippen molar-refractivity contribution in [3.05, 3.63) is 23.8 Å². The van der Waals surface area contributed by atoms with Crippen molar-refractivity contribution in [2.75, 3.05) is 10.6 Å². The Balaban J connectivity index is 1.88. The zero-order chi connectivity index (χ0) is 14.2. The molecular formula is C16H19N3O. The standard InChI is InChI=1S/C16H19N3O/c1-2-11-5-7-16(8-6-11)15(20)18-13-4-3-12(10-17)9-14(13)19-16/h3-4,9,11,19H,2,5-8H2,1H3,(H,18,20). The van der Waals surface area contributed by atoms with E-state index in [1.54, 1.807) is 12.1 Å². The molecule has 104 valence electrons. The summed E-state index contributed by atoms with van der Waals surface area (Å²) >= 11 is 0. The Kier molecular flexibility index (Phi) is 3.13. The number of hydrogen-bond donors (Lipinski definition) is 2. The number of hydrogen-bond acceptors (Lipinski definition) is 3. The number of fused-ring (bicyclic) bond motifs is 1. The third-order valence-electron chi connectivity index (χ3n) is 4.74. The van der Waals surface area contributed by atoms with E-state index in [-0.39, 0.29) is 5.91 Å². The molecule has 1 saturated carbocycles. The van der Waals surface area contributed by atoms with Gasteiger partial charge in [-0.2, -0.15) is 5.26 Å². The minimum atomic E-state index is -0.479. The first kappa shape index (κ1) is 13.0. The van der Waals surface area contributed by atoms with Crippen LogP contribution in [-0.2, 0) is 4.79 Å². The second-order valence-electron chi connectivity index (χ2n) is 5.89. The molecule has 3 rings (SSSR count). The molecule has 1 amide bonds. The Morgan fingerprint density at radius 3 is 2.75 bits per heavy atom. The van der Waals surface area contributed by atoms with Crippen LogP contribution in [0.25, 0.3) is 0 Å². The van der Waals surface area contributed by atoms with Crippen LogP contribution < -0.4 is 10.6 Å². The van der Waals surface area contributed by atoms with Crippen LogP contribution in [-0.4, -0.2) is 11.4 Å². The smallest absolute Gasteiger partial charge is 0.250 e. The molecule has 4 heteroatoms. The number of nitrogens with zero attached hydrogens (tertiary/aromatic N) is 1. The van der Waals surface area contributed by atoms with Gasteiger partial charge < -0.3 is 10.6 Å². The van der Waals surface area contributed by atoms with Crippen molar-refractivity contribution in [2.45, 2.75) is 44.6 Å². The third kappa shape index (κ3) is 2.03. The predicted octanol–water partition coefficient (Wildman–Crippen LogP) is 3.26. The molecule has 2 N–H and O–H groups in total. The average molecular weight is 269 g/mol. The fraction of sp³-hybridized carbons (Fsp3) is 0.500. The van der Waals surface area contributed by atoms with Crippen LogP contribution in [0.2, 0.25) is 0 Å². The molecule has 20 heavy (non-hydrogen) atoms. The van der Waals surface area contributed by atoms with Crippen molar-refractivity contribution < 1.29 is 4.79 Å². The minimum absolute atomic E-state index is 0.0734. The molecule has 0 saturated heterocycles. The Hall–Kier alpha value is -2.02. The highest BCUT2D eigenvalue weighted by atomic mass is 16.2. The van der Waals surface area contributed by atoms with E-state index >= 15 is 0 Å². The molecule has 1 aliphatic heterocycles. The van der Waals surface area contributed by atoms with E-state index in [2.05, 4.69) is 23.6 Å². The molecule has 0 atom stereocenters. The summed E-state index contributed by atoms with van der Waals surface area (Å²) in [6.07, 6.45) is 5.10. The summed E-state index contributed by atoms with van der Waals surface area (Å²) in [7, 11) is 0.